The average Bonchev–Trinajstić information content (AvgIpc) is 3.27. The Labute approximate surface area is 145 Å². The molecule has 0 aromatic carbocycles. The van der Waals surface area contributed by atoms with E-state index in [-0.39, 0.29) is 0 Å². The van der Waals surface area contributed by atoms with Gasteiger partial charge in [0, 0.05) is 42.8 Å². The van der Waals surface area contributed by atoms with E-state index in [2.05, 4.69) is 42.8 Å². The van der Waals surface area contributed by atoms with Gasteiger partial charge in [0.05, 0.1) is 16.4 Å². The lowest BCUT2D eigenvalue weighted by Gasteiger charge is -2.32. The molecule has 1 saturated heterocycles. The molecule has 0 bridgehead atoms. The van der Waals surface area contributed by atoms with Crippen LogP contribution in [0.3, 0.4) is 0 Å². The standard InChI is InChI=1S/C19H20N6/c1-12-3-2-6-25(10-12)19-17-14(9-22-18(17)23-11-24-19)13-7-16-15(21-8-13)4-5-20-16/h4-5,7-9,11-12,20H,2-3,6,10H2,1H3,(H,22,23,24)/t12-/m0/s1. The first-order chi connectivity index (χ1) is 12.3. The van der Waals surface area contributed by atoms with Crippen molar-refractivity contribution in [1.29, 1.82) is 0 Å². The number of rotatable bonds is 2. The summed E-state index contributed by atoms with van der Waals surface area (Å²) < 4.78 is 0. The van der Waals surface area contributed by atoms with Crippen LogP contribution in [0.5, 0.6) is 0 Å². The van der Waals surface area contributed by atoms with Crippen LogP contribution >= 0.6 is 0 Å². The maximum Gasteiger partial charge on any atom is 0.143 e. The van der Waals surface area contributed by atoms with Crippen molar-refractivity contribution in [3.05, 3.63) is 37.1 Å². The summed E-state index contributed by atoms with van der Waals surface area (Å²) in [7, 11) is 0. The van der Waals surface area contributed by atoms with Gasteiger partial charge in [-0.1, -0.05) is 6.92 Å². The zero-order chi connectivity index (χ0) is 16.8. The SMILES string of the molecule is C[C@H]1CCCN(c2ncnc3[nH]cc(-c4cnc5cc[nH]c5c4)c23)C1. The van der Waals surface area contributed by atoms with Gasteiger partial charge in [0.2, 0.25) is 0 Å². The van der Waals surface area contributed by atoms with E-state index >= 15 is 0 Å². The lowest BCUT2D eigenvalue weighted by Crippen LogP contribution is -2.35. The van der Waals surface area contributed by atoms with E-state index < -0.39 is 0 Å². The molecule has 25 heavy (non-hydrogen) atoms. The summed E-state index contributed by atoms with van der Waals surface area (Å²) in [5.74, 6) is 1.72. The smallest absolute Gasteiger partial charge is 0.143 e. The molecule has 6 nitrogen and oxygen atoms in total. The van der Waals surface area contributed by atoms with Crippen LogP contribution in [-0.2, 0) is 0 Å². The number of pyridine rings is 1. The van der Waals surface area contributed by atoms with Gasteiger partial charge in [-0.25, -0.2) is 9.97 Å². The number of fused-ring (bicyclic) bond motifs is 2. The molecule has 5 heterocycles. The molecule has 4 aromatic rings. The van der Waals surface area contributed by atoms with Crippen molar-refractivity contribution in [3.8, 4) is 11.1 Å². The molecule has 1 aliphatic heterocycles. The molecule has 126 valence electrons. The first-order valence-electron chi connectivity index (χ1n) is 8.80. The number of piperidine rings is 1. The van der Waals surface area contributed by atoms with E-state index in [4.69, 9.17) is 0 Å². The zero-order valence-corrected chi connectivity index (χ0v) is 14.2. The summed E-state index contributed by atoms with van der Waals surface area (Å²) >= 11 is 0. The number of nitrogens with one attached hydrogen (secondary N) is 2. The Balaban J connectivity index is 1.68. The van der Waals surface area contributed by atoms with Crippen molar-refractivity contribution < 1.29 is 0 Å². The number of hydrogen-bond acceptors (Lipinski definition) is 4. The summed E-state index contributed by atoms with van der Waals surface area (Å²) in [5, 5.41) is 1.09. The summed E-state index contributed by atoms with van der Waals surface area (Å²) in [4.78, 5) is 22.6. The molecule has 0 radical (unpaired) electrons. The van der Waals surface area contributed by atoms with Crippen LogP contribution in [0.15, 0.2) is 37.1 Å². The highest BCUT2D eigenvalue weighted by Gasteiger charge is 2.22. The van der Waals surface area contributed by atoms with Gasteiger partial charge < -0.3 is 14.9 Å². The van der Waals surface area contributed by atoms with Gasteiger partial charge in [-0.05, 0) is 30.9 Å². The van der Waals surface area contributed by atoms with Crippen LogP contribution in [0.1, 0.15) is 19.8 Å². The fourth-order valence-corrected chi connectivity index (χ4v) is 3.88. The maximum absolute atomic E-state index is 4.64. The first kappa shape index (κ1) is 14.5. The summed E-state index contributed by atoms with van der Waals surface area (Å²) in [6, 6.07) is 4.12. The molecule has 0 unspecified atom stereocenters. The van der Waals surface area contributed by atoms with E-state index in [1.807, 2.05) is 24.7 Å². The molecular formula is C19H20N6. The molecular weight excluding hydrogens is 312 g/mol. The Bertz CT molecular complexity index is 1050. The van der Waals surface area contributed by atoms with Gasteiger partial charge in [-0.2, -0.15) is 0 Å². The quantitative estimate of drug-likeness (QED) is 0.586. The highest BCUT2D eigenvalue weighted by Crippen LogP contribution is 2.35. The second kappa shape index (κ2) is 5.58. The number of aromatic amines is 2. The molecule has 5 rings (SSSR count). The summed E-state index contributed by atoms with van der Waals surface area (Å²) in [5.41, 5.74) is 5.07. The number of anilines is 1. The fraction of sp³-hybridized carbons (Fsp3) is 0.316. The first-order valence-corrected chi connectivity index (χ1v) is 8.80. The Morgan fingerprint density at radius 1 is 1.20 bits per heavy atom. The average molecular weight is 332 g/mol. The third-order valence-corrected chi connectivity index (χ3v) is 5.12. The lowest BCUT2D eigenvalue weighted by molar-refractivity contribution is 0.445. The predicted molar refractivity (Wildman–Crippen MR) is 99.6 cm³/mol. The van der Waals surface area contributed by atoms with Crippen molar-refractivity contribution in [1.82, 2.24) is 24.9 Å². The zero-order valence-electron chi connectivity index (χ0n) is 14.2. The highest BCUT2D eigenvalue weighted by molar-refractivity contribution is 6.02. The van der Waals surface area contributed by atoms with Gasteiger partial charge in [-0.15, -0.1) is 0 Å². The third-order valence-electron chi connectivity index (χ3n) is 5.12. The second-order valence-electron chi connectivity index (χ2n) is 6.95. The normalized spacial score (nSPS) is 18.3. The molecule has 0 amide bonds. The Hall–Kier alpha value is -2.89. The molecule has 4 aromatic heterocycles. The number of H-pyrrole nitrogens is 2. The highest BCUT2D eigenvalue weighted by atomic mass is 15.2. The van der Waals surface area contributed by atoms with Crippen LogP contribution < -0.4 is 4.90 Å². The van der Waals surface area contributed by atoms with E-state index in [0.717, 1.165) is 52.1 Å². The van der Waals surface area contributed by atoms with E-state index in [1.165, 1.54) is 12.8 Å². The maximum atomic E-state index is 4.64. The van der Waals surface area contributed by atoms with Crippen molar-refractivity contribution in [3.63, 3.8) is 0 Å². The van der Waals surface area contributed by atoms with Gasteiger partial charge in [0.25, 0.3) is 0 Å². The van der Waals surface area contributed by atoms with Gasteiger partial charge in [0.15, 0.2) is 0 Å². The Kier molecular flexibility index (Phi) is 3.23. The molecule has 0 spiro atoms. The topological polar surface area (TPSA) is 73.5 Å². The minimum atomic E-state index is 0.693. The van der Waals surface area contributed by atoms with E-state index in [1.54, 1.807) is 6.33 Å². The van der Waals surface area contributed by atoms with Crippen molar-refractivity contribution in [2.45, 2.75) is 19.8 Å². The van der Waals surface area contributed by atoms with E-state index in [0.29, 0.717) is 5.92 Å². The van der Waals surface area contributed by atoms with Crippen molar-refractivity contribution in [2.24, 2.45) is 5.92 Å². The van der Waals surface area contributed by atoms with Crippen LogP contribution in [0, 0.1) is 5.92 Å². The minimum absolute atomic E-state index is 0.693. The van der Waals surface area contributed by atoms with Crippen LogP contribution in [-0.4, -0.2) is 38.0 Å². The Morgan fingerprint density at radius 3 is 3.08 bits per heavy atom. The molecule has 1 atom stereocenters. The van der Waals surface area contributed by atoms with Crippen LogP contribution in [0.25, 0.3) is 33.2 Å². The van der Waals surface area contributed by atoms with Gasteiger partial charge >= 0.3 is 0 Å². The van der Waals surface area contributed by atoms with Crippen LogP contribution in [0.2, 0.25) is 0 Å². The minimum Gasteiger partial charge on any atom is -0.360 e. The lowest BCUT2D eigenvalue weighted by atomic mass is 9.99. The fourth-order valence-electron chi connectivity index (χ4n) is 3.88. The second-order valence-corrected chi connectivity index (χ2v) is 6.95. The monoisotopic (exact) mass is 332 g/mol. The predicted octanol–water partition coefficient (Wildman–Crippen LogP) is 3.74. The molecule has 2 N–H and O–H groups in total. The molecule has 0 saturated carbocycles. The molecule has 6 heteroatoms. The van der Waals surface area contributed by atoms with Gasteiger partial charge in [-0.3, -0.25) is 4.98 Å². The molecule has 1 fully saturated rings. The summed E-state index contributed by atoms with van der Waals surface area (Å²) in [6.45, 7) is 4.41. The number of aromatic nitrogens is 5. The molecule has 1 aliphatic rings. The van der Waals surface area contributed by atoms with Gasteiger partial charge in [0.1, 0.15) is 17.8 Å². The van der Waals surface area contributed by atoms with E-state index in [9.17, 15) is 0 Å². The Morgan fingerprint density at radius 2 is 2.16 bits per heavy atom. The summed E-state index contributed by atoms with van der Waals surface area (Å²) in [6.07, 6.45) is 10.0. The molecule has 0 aliphatic carbocycles. The van der Waals surface area contributed by atoms with Crippen LogP contribution in [0.4, 0.5) is 5.82 Å². The van der Waals surface area contributed by atoms with Crippen molar-refractivity contribution >= 4 is 27.9 Å². The number of nitrogens with zero attached hydrogens (tertiary/aromatic N) is 4. The third kappa shape index (κ3) is 2.36. The van der Waals surface area contributed by atoms with Crippen molar-refractivity contribution in [2.75, 3.05) is 18.0 Å². The number of hydrogen-bond donors (Lipinski definition) is 2. The largest absolute Gasteiger partial charge is 0.360 e.